The Morgan fingerprint density at radius 3 is 3.17 bits per heavy atom. The smallest absolute Gasteiger partial charge is 0.231 e. The fraction of sp³-hybridized carbons (Fsp3) is 0.471. The third-order valence-corrected chi connectivity index (χ3v) is 5.73. The molecule has 0 aliphatic carbocycles. The second-order valence-electron chi connectivity index (χ2n) is 6.04. The maximum absolute atomic E-state index is 13.0. The van der Waals surface area contributed by atoms with Crippen molar-refractivity contribution in [2.75, 3.05) is 25.4 Å². The molecule has 126 valence electrons. The fourth-order valence-corrected chi connectivity index (χ4v) is 4.43. The van der Waals surface area contributed by atoms with Gasteiger partial charge < -0.3 is 9.64 Å². The molecule has 24 heavy (non-hydrogen) atoms. The van der Waals surface area contributed by atoms with E-state index in [9.17, 15) is 4.79 Å². The molecule has 4 rings (SSSR count). The maximum atomic E-state index is 13.0. The molecule has 0 spiro atoms. The molecule has 6 nitrogen and oxygen atoms in total. The van der Waals surface area contributed by atoms with E-state index in [-0.39, 0.29) is 17.9 Å². The standard InChI is InChI=1S/C17H20N4O2S/c1-2-15-18-16(20-19-15)13-9-21(7-8-23-13)17(22)12-10-24-14-6-4-3-5-11(12)14/h3-6,12-13H,2,7-10H2,1H3,(H,18,19,20)/t12-,13+/m1/s1. The second-order valence-corrected chi connectivity index (χ2v) is 7.10. The van der Waals surface area contributed by atoms with Crippen molar-refractivity contribution in [3.8, 4) is 0 Å². The molecule has 2 atom stereocenters. The van der Waals surface area contributed by atoms with Gasteiger partial charge in [-0.1, -0.05) is 25.1 Å². The van der Waals surface area contributed by atoms with Crippen molar-refractivity contribution in [2.45, 2.75) is 30.3 Å². The first-order chi connectivity index (χ1) is 11.8. The summed E-state index contributed by atoms with van der Waals surface area (Å²) in [5.41, 5.74) is 1.15. The van der Waals surface area contributed by atoms with E-state index in [0.29, 0.717) is 25.5 Å². The van der Waals surface area contributed by atoms with Gasteiger partial charge in [-0.3, -0.25) is 9.89 Å². The van der Waals surface area contributed by atoms with E-state index in [1.54, 1.807) is 11.8 Å². The number of nitrogens with one attached hydrogen (secondary N) is 1. The highest BCUT2D eigenvalue weighted by Crippen LogP contribution is 2.40. The summed E-state index contributed by atoms with van der Waals surface area (Å²) in [7, 11) is 0. The summed E-state index contributed by atoms with van der Waals surface area (Å²) in [6.45, 7) is 3.69. The Morgan fingerprint density at radius 1 is 1.46 bits per heavy atom. The molecule has 1 saturated heterocycles. The first-order valence-electron chi connectivity index (χ1n) is 8.29. The van der Waals surface area contributed by atoms with Crippen molar-refractivity contribution in [1.29, 1.82) is 0 Å². The van der Waals surface area contributed by atoms with Crippen molar-refractivity contribution >= 4 is 17.7 Å². The third-order valence-electron chi connectivity index (χ3n) is 4.55. The number of H-pyrrole nitrogens is 1. The maximum Gasteiger partial charge on any atom is 0.231 e. The lowest BCUT2D eigenvalue weighted by atomic mass is 9.99. The first-order valence-corrected chi connectivity index (χ1v) is 9.28. The van der Waals surface area contributed by atoms with E-state index in [4.69, 9.17) is 4.74 Å². The average Bonchev–Trinajstić information content (AvgIpc) is 3.28. The van der Waals surface area contributed by atoms with Crippen LogP contribution in [-0.2, 0) is 16.0 Å². The van der Waals surface area contributed by atoms with Gasteiger partial charge in [-0.2, -0.15) is 5.10 Å². The normalized spacial score (nSPS) is 23.3. The molecule has 2 aliphatic rings. The van der Waals surface area contributed by atoms with Crippen LogP contribution < -0.4 is 0 Å². The molecular weight excluding hydrogens is 324 g/mol. The monoisotopic (exact) mass is 344 g/mol. The van der Waals surface area contributed by atoms with Crippen molar-refractivity contribution in [3.05, 3.63) is 41.5 Å². The molecule has 3 heterocycles. The number of carbonyl (C=O) groups excluding carboxylic acids is 1. The van der Waals surface area contributed by atoms with Crippen LogP contribution in [0.3, 0.4) is 0 Å². The summed E-state index contributed by atoms with van der Waals surface area (Å²) >= 11 is 1.76. The molecular formula is C17H20N4O2S. The molecule has 0 unspecified atom stereocenters. The van der Waals surface area contributed by atoms with E-state index < -0.39 is 0 Å². The van der Waals surface area contributed by atoms with Crippen molar-refractivity contribution in [2.24, 2.45) is 0 Å². The third kappa shape index (κ3) is 2.82. The molecule has 2 aliphatic heterocycles. The van der Waals surface area contributed by atoms with Gasteiger partial charge in [0, 0.05) is 23.6 Å². The Labute approximate surface area is 145 Å². The number of ether oxygens (including phenoxy) is 1. The molecule has 0 bridgehead atoms. The van der Waals surface area contributed by atoms with Gasteiger partial charge in [0.2, 0.25) is 5.91 Å². The molecule has 1 amide bonds. The zero-order valence-corrected chi connectivity index (χ0v) is 14.4. The average molecular weight is 344 g/mol. The van der Waals surface area contributed by atoms with Gasteiger partial charge in [0.1, 0.15) is 11.9 Å². The molecule has 7 heteroatoms. The molecule has 0 saturated carbocycles. The second kappa shape index (κ2) is 6.57. The largest absolute Gasteiger partial charge is 0.366 e. The summed E-state index contributed by atoms with van der Waals surface area (Å²) in [6, 6.07) is 8.19. The zero-order chi connectivity index (χ0) is 16.5. The van der Waals surface area contributed by atoms with Crippen LogP contribution in [0.1, 0.15) is 36.2 Å². The minimum atomic E-state index is -0.247. The van der Waals surface area contributed by atoms with Crippen molar-refractivity contribution in [3.63, 3.8) is 0 Å². The van der Waals surface area contributed by atoms with Crippen LogP contribution in [-0.4, -0.2) is 51.4 Å². The van der Waals surface area contributed by atoms with Gasteiger partial charge in [-0.05, 0) is 11.6 Å². The Morgan fingerprint density at radius 2 is 2.33 bits per heavy atom. The number of aromatic amines is 1. The lowest BCUT2D eigenvalue weighted by Gasteiger charge is -2.33. The first kappa shape index (κ1) is 15.7. The lowest BCUT2D eigenvalue weighted by Crippen LogP contribution is -2.44. The van der Waals surface area contributed by atoms with Crippen LogP contribution in [0, 0.1) is 0 Å². The van der Waals surface area contributed by atoms with Gasteiger partial charge in [0.05, 0.1) is 19.1 Å². The fourth-order valence-electron chi connectivity index (χ4n) is 3.21. The van der Waals surface area contributed by atoms with E-state index >= 15 is 0 Å². The molecule has 1 aromatic carbocycles. The molecule has 1 fully saturated rings. The minimum absolute atomic E-state index is 0.0525. The Balaban J connectivity index is 1.49. The molecule has 1 aromatic heterocycles. The quantitative estimate of drug-likeness (QED) is 0.924. The van der Waals surface area contributed by atoms with Gasteiger partial charge in [0.15, 0.2) is 5.82 Å². The number of amides is 1. The Bertz CT molecular complexity index is 748. The topological polar surface area (TPSA) is 71.1 Å². The van der Waals surface area contributed by atoms with Crippen LogP contribution >= 0.6 is 11.8 Å². The van der Waals surface area contributed by atoms with E-state index in [2.05, 4.69) is 27.3 Å². The van der Waals surface area contributed by atoms with Crippen molar-refractivity contribution < 1.29 is 9.53 Å². The van der Waals surface area contributed by atoms with E-state index in [1.807, 2.05) is 24.0 Å². The summed E-state index contributed by atoms with van der Waals surface area (Å²) in [4.78, 5) is 20.6. The highest BCUT2D eigenvalue weighted by atomic mass is 32.2. The van der Waals surface area contributed by atoms with Gasteiger partial charge in [-0.25, -0.2) is 4.98 Å². The number of rotatable bonds is 3. The SMILES string of the molecule is CCc1nc([C@@H]2CN(C(=O)[C@@H]3CSc4ccccc43)CCO2)n[nH]1. The van der Waals surface area contributed by atoms with Crippen LogP contribution in [0.4, 0.5) is 0 Å². The Hall–Kier alpha value is -1.86. The van der Waals surface area contributed by atoms with Crippen LogP contribution in [0.25, 0.3) is 0 Å². The number of benzene rings is 1. The number of nitrogens with zero attached hydrogens (tertiary/aromatic N) is 3. The van der Waals surface area contributed by atoms with Gasteiger partial charge in [0.25, 0.3) is 0 Å². The lowest BCUT2D eigenvalue weighted by molar-refractivity contribution is -0.140. The molecule has 0 radical (unpaired) electrons. The minimum Gasteiger partial charge on any atom is -0.366 e. The van der Waals surface area contributed by atoms with Crippen LogP contribution in [0.15, 0.2) is 29.2 Å². The summed E-state index contributed by atoms with van der Waals surface area (Å²) in [6.07, 6.45) is 0.557. The summed E-state index contributed by atoms with van der Waals surface area (Å²) in [5, 5.41) is 7.15. The highest BCUT2D eigenvalue weighted by molar-refractivity contribution is 7.99. The number of morpholine rings is 1. The van der Waals surface area contributed by atoms with Gasteiger partial charge in [-0.15, -0.1) is 11.8 Å². The number of hydrogen-bond acceptors (Lipinski definition) is 5. The number of aromatic nitrogens is 3. The van der Waals surface area contributed by atoms with Crippen LogP contribution in [0.5, 0.6) is 0 Å². The zero-order valence-electron chi connectivity index (χ0n) is 13.6. The molecule has 1 N–H and O–H groups in total. The highest BCUT2D eigenvalue weighted by Gasteiger charge is 2.35. The number of fused-ring (bicyclic) bond motifs is 1. The Kier molecular flexibility index (Phi) is 4.28. The van der Waals surface area contributed by atoms with Crippen molar-refractivity contribution in [1.82, 2.24) is 20.1 Å². The van der Waals surface area contributed by atoms with Crippen LogP contribution in [0.2, 0.25) is 0 Å². The number of hydrogen-bond donors (Lipinski definition) is 1. The summed E-state index contributed by atoms with van der Waals surface area (Å²) < 4.78 is 5.79. The number of aryl methyl sites for hydroxylation is 1. The van der Waals surface area contributed by atoms with E-state index in [1.165, 1.54) is 4.90 Å². The predicted molar refractivity (Wildman–Crippen MR) is 90.9 cm³/mol. The van der Waals surface area contributed by atoms with E-state index in [0.717, 1.165) is 23.6 Å². The number of carbonyl (C=O) groups is 1. The predicted octanol–water partition coefficient (Wildman–Crippen LogP) is 2.16. The van der Waals surface area contributed by atoms with Gasteiger partial charge >= 0.3 is 0 Å². The molecule has 2 aromatic rings. The summed E-state index contributed by atoms with van der Waals surface area (Å²) in [5.74, 6) is 2.44. The number of thioether (sulfide) groups is 1.